The maximum atomic E-state index is 10.3. The number of piperazine rings is 1. The minimum absolute atomic E-state index is 0.0889. The van der Waals surface area contributed by atoms with Crippen LogP contribution in [-0.2, 0) is 11.8 Å². The molecule has 0 bridgehead atoms. The molecule has 0 unspecified atom stereocenters. The normalized spacial score (nSPS) is 17.0. The van der Waals surface area contributed by atoms with Gasteiger partial charge in [-0.15, -0.1) is 0 Å². The van der Waals surface area contributed by atoms with Crippen LogP contribution in [0.4, 0.5) is 0 Å². The number of phenolic OH excluding ortho intramolecular Hbond substituents is 1. The summed E-state index contributed by atoms with van der Waals surface area (Å²) in [7, 11) is 1.70. The molecule has 1 aliphatic rings. The maximum absolute atomic E-state index is 10.3. The van der Waals surface area contributed by atoms with E-state index in [0.717, 1.165) is 56.0 Å². The zero-order valence-electron chi connectivity index (χ0n) is 13.7. The summed E-state index contributed by atoms with van der Waals surface area (Å²) in [4.78, 5) is 2.45. The summed E-state index contributed by atoms with van der Waals surface area (Å²) in [6.45, 7) is 11.6. The first-order valence-corrected chi connectivity index (χ1v) is 7.75. The van der Waals surface area contributed by atoms with Crippen LogP contribution in [-0.4, -0.2) is 49.8 Å². The lowest BCUT2D eigenvalue weighted by Crippen LogP contribution is -2.44. The van der Waals surface area contributed by atoms with Crippen molar-refractivity contribution in [3.63, 3.8) is 0 Å². The van der Waals surface area contributed by atoms with E-state index >= 15 is 0 Å². The molecular weight excluding hydrogens is 264 g/mol. The minimum atomic E-state index is -0.0889. The second-order valence-corrected chi connectivity index (χ2v) is 6.77. The first kappa shape index (κ1) is 16.1. The zero-order valence-corrected chi connectivity index (χ0v) is 13.7. The predicted octanol–water partition coefficient (Wildman–Crippen LogP) is 2.15. The van der Waals surface area contributed by atoms with Crippen molar-refractivity contribution in [1.82, 2.24) is 10.2 Å². The lowest BCUT2D eigenvalue weighted by molar-refractivity contribution is 0.243. The van der Waals surface area contributed by atoms with Crippen molar-refractivity contribution < 1.29 is 9.84 Å². The second-order valence-electron chi connectivity index (χ2n) is 6.77. The Morgan fingerprint density at radius 2 is 1.90 bits per heavy atom. The van der Waals surface area contributed by atoms with E-state index in [0.29, 0.717) is 5.75 Å². The number of benzene rings is 1. The summed E-state index contributed by atoms with van der Waals surface area (Å²) in [5.41, 5.74) is 1.93. The molecule has 0 radical (unpaired) electrons. The highest BCUT2D eigenvalue weighted by Gasteiger charge is 2.21. The number of methoxy groups -OCH3 is 1. The molecule has 1 heterocycles. The van der Waals surface area contributed by atoms with E-state index in [9.17, 15) is 5.11 Å². The fourth-order valence-electron chi connectivity index (χ4n) is 2.81. The maximum Gasteiger partial charge on any atom is 0.122 e. The molecule has 1 aliphatic heterocycles. The fourth-order valence-corrected chi connectivity index (χ4v) is 2.81. The number of rotatable bonds is 4. The van der Waals surface area contributed by atoms with E-state index in [-0.39, 0.29) is 5.41 Å². The number of nitrogens with one attached hydrogen (secondary N) is 1. The minimum Gasteiger partial charge on any atom is -0.508 e. The molecule has 4 nitrogen and oxygen atoms in total. The highest BCUT2D eigenvalue weighted by molar-refractivity contribution is 5.48. The van der Waals surface area contributed by atoms with Gasteiger partial charge >= 0.3 is 0 Å². The third-order valence-electron chi connectivity index (χ3n) is 4.11. The Morgan fingerprint density at radius 3 is 2.48 bits per heavy atom. The van der Waals surface area contributed by atoms with Gasteiger partial charge in [-0.3, -0.25) is 0 Å². The average Bonchev–Trinajstić information content (AvgIpc) is 2.45. The van der Waals surface area contributed by atoms with Crippen LogP contribution in [0.2, 0.25) is 0 Å². The van der Waals surface area contributed by atoms with Crippen molar-refractivity contribution in [2.24, 2.45) is 0 Å². The van der Waals surface area contributed by atoms with E-state index < -0.39 is 0 Å². The van der Waals surface area contributed by atoms with Crippen molar-refractivity contribution in [2.75, 3.05) is 39.8 Å². The van der Waals surface area contributed by atoms with Crippen molar-refractivity contribution in [1.29, 1.82) is 0 Å². The fraction of sp³-hybridized carbons (Fsp3) is 0.647. The molecule has 0 amide bonds. The van der Waals surface area contributed by atoms with Crippen LogP contribution in [0.25, 0.3) is 0 Å². The number of ether oxygens (including phenoxy) is 1. The van der Waals surface area contributed by atoms with Crippen molar-refractivity contribution in [2.45, 2.75) is 32.6 Å². The first-order valence-electron chi connectivity index (χ1n) is 7.75. The van der Waals surface area contributed by atoms with Crippen molar-refractivity contribution in [3.8, 4) is 11.5 Å². The third-order valence-corrected chi connectivity index (χ3v) is 4.11. The molecule has 2 N–H and O–H groups in total. The Bertz CT molecular complexity index is 474. The SMILES string of the molecule is COc1cc(C(C)(C)C)c(O)cc1CCN1CCNCC1. The van der Waals surface area contributed by atoms with E-state index in [2.05, 4.69) is 31.0 Å². The second kappa shape index (κ2) is 6.67. The standard InChI is InChI=1S/C17H28N2O2/c1-17(2,3)14-12-16(21-4)13(11-15(14)20)5-8-19-9-6-18-7-10-19/h11-12,18,20H,5-10H2,1-4H3. The van der Waals surface area contributed by atoms with Crippen LogP contribution < -0.4 is 10.1 Å². The highest BCUT2D eigenvalue weighted by Crippen LogP contribution is 2.36. The molecule has 0 saturated carbocycles. The van der Waals surface area contributed by atoms with Crippen LogP contribution in [0.3, 0.4) is 0 Å². The molecule has 0 atom stereocenters. The van der Waals surface area contributed by atoms with Gasteiger partial charge in [0.05, 0.1) is 7.11 Å². The summed E-state index contributed by atoms with van der Waals surface area (Å²) >= 11 is 0. The lowest BCUT2D eigenvalue weighted by atomic mass is 9.85. The van der Waals surface area contributed by atoms with Crippen LogP contribution in [0, 0.1) is 0 Å². The first-order chi connectivity index (χ1) is 9.91. The summed E-state index contributed by atoms with van der Waals surface area (Å²) in [5, 5.41) is 13.7. The van der Waals surface area contributed by atoms with Gasteiger partial charge in [0.1, 0.15) is 11.5 Å². The Morgan fingerprint density at radius 1 is 1.24 bits per heavy atom. The predicted molar refractivity (Wildman–Crippen MR) is 86.4 cm³/mol. The summed E-state index contributed by atoms with van der Waals surface area (Å²) in [5.74, 6) is 1.26. The lowest BCUT2D eigenvalue weighted by Gasteiger charge is -2.28. The molecule has 1 aromatic carbocycles. The van der Waals surface area contributed by atoms with E-state index in [1.165, 1.54) is 0 Å². The van der Waals surface area contributed by atoms with Crippen molar-refractivity contribution in [3.05, 3.63) is 23.3 Å². The van der Waals surface area contributed by atoms with E-state index in [1.54, 1.807) is 7.11 Å². The van der Waals surface area contributed by atoms with E-state index in [4.69, 9.17) is 4.74 Å². The van der Waals surface area contributed by atoms with Crippen molar-refractivity contribution >= 4 is 0 Å². The third kappa shape index (κ3) is 4.11. The summed E-state index contributed by atoms with van der Waals surface area (Å²) in [6.07, 6.45) is 0.904. The molecule has 4 heteroatoms. The van der Waals surface area contributed by atoms with Gasteiger partial charge in [0.2, 0.25) is 0 Å². The molecule has 1 fully saturated rings. The van der Waals surface area contributed by atoms with Gasteiger partial charge in [0, 0.05) is 38.3 Å². The number of hydrogen-bond donors (Lipinski definition) is 2. The molecule has 118 valence electrons. The Balaban J connectivity index is 2.13. The van der Waals surface area contributed by atoms with Crippen LogP contribution >= 0.6 is 0 Å². The molecule has 0 aromatic heterocycles. The van der Waals surface area contributed by atoms with Gasteiger partial charge in [-0.05, 0) is 29.5 Å². The Kier molecular flexibility index (Phi) is 5.12. The molecule has 1 saturated heterocycles. The molecule has 2 rings (SSSR count). The van der Waals surface area contributed by atoms with Crippen LogP contribution in [0.5, 0.6) is 11.5 Å². The number of nitrogens with zero attached hydrogens (tertiary/aromatic N) is 1. The van der Waals surface area contributed by atoms with Gasteiger partial charge in [0.15, 0.2) is 0 Å². The van der Waals surface area contributed by atoms with Gasteiger partial charge in [-0.2, -0.15) is 0 Å². The number of hydrogen-bond acceptors (Lipinski definition) is 4. The quantitative estimate of drug-likeness (QED) is 0.892. The molecular formula is C17H28N2O2. The Hall–Kier alpha value is -1.26. The molecule has 0 aliphatic carbocycles. The van der Waals surface area contributed by atoms with Gasteiger partial charge in [0.25, 0.3) is 0 Å². The average molecular weight is 292 g/mol. The summed E-state index contributed by atoms with van der Waals surface area (Å²) in [6, 6.07) is 3.87. The monoisotopic (exact) mass is 292 g/mol. The van der Waals surface area contributed by atoms with Crippen LogP contribution in [0.1, 0.15) is 31.9 Å². The molecule has 0 spiro atoms. The smallest absolute Gasteiger partial charge is 0.122 e. The molecule has 1 aromatic rings. The van der Waals surface area contributed by atoms with Gasteiger partial charge in [-0.1, -0.05) is 20.8 Å². The van der Waals surface area contributed by atoms with Gasteiger partial charge < -0.3 is 20.1 Å². The number of aromatic hydroxyl groups is 1. The van der Waals surface area contributed by atoms with E-state index in [1.807, 2.05) is 12.1 Å². The van der Waals surface area contributed by atoms with Gasteiger partial charge in [-0.25, -0.2) is 0 Å². The Labute approximate surface area is 128 Å². The topological polar surface area (TPSA) is 44.7 Å². The largest absolute Gasteiger partial charge is 0.508 e. The van der Waals surface area contributed by atoms with Crippen LogP contribution in [0.15, 0.2) is 12.1 Å². The highest BCUT2D eigenvalue weighted by atomic mass is 16.5. The summed E-state index contributed by atoms with van der Waals surface area (Å²) < 4.78 is 5.53. The zero-order chi connectivity index (χ0) is 15.5. The number of phenols is 1. The molecule has 21 heavy (non-hydrogen) atoms.